The average molecular weight is 445 g/mol. The van der Waals surface area contributed by atoms with E-state index < -0.39 is 10.0 Å². The largest absolute Gasteiger partial charge is 0.495 e. The third kappa shape index (κ3) is 5.77. The second-order valence-corrected chi connectivity index (χ2v) is 8.97. The molecule has 6 nitrogen and oxygen atoms in total. The van der Waals surface area contributed by atoms with Gasteiger partial charge in [0, 0.05) is 23.0 Å². The zero-order valence-electron chi connectivity index (χ0n) is 15.8. The van der Waals surface area contributed by atoms with E-state index in [1.165, 1.54) is 11.4 Å². The number of methoxy groups -OCH3 is 1. The molecule has 0 spiro atoms. The van der Waals surface area contributed by atoms with Gasteiger partial charge in [-0.15, -0.1) is 0 Å². The molecule has 0 heterocycles. The summed E-state index contributed by atoms with van der Waals surface area (Å²) in [4.78, 5) is 12.3. The first kappa shape index (κ1) is 22.3. The van der Waals surface area contributed by atoms with Crippen LogP contribution in [0.1, 0.15) is 18.4 Å². The number of nitrogens with zero attached hydrogens (tertiary/aromatic N) is 1. The molecule has 0 aromatic heterocycles. The van der Waals surface area contributed by atoms with E-state index in [0.29, 0.717) is 39.2 Å². The molecule has 2 aromatic rings. The van der Waals surface area contributed by atoms with E-state index in [1.54, 1.807) is 43.3 Å². The van der Waals surface area contributed by atoms with Crippen LogP contribution in [0.2, 0.25) is 10.0 Å². The molecule has 2 aromatic carbocycles. The lowest BCUT2D eigenvalue weighted by Crippen LogP contribution is -2.32. The Morgan fingerprint density at radius 3 is 2.57 bits per heavy atom. The number of benzene rings is 2. The first-order chi connectivity index (χ1) is 13.1. The van der Waals surface area contributed by atoms with Crippen molar-refractivity contribution in [1.82, 2.24) is 0 Å². The van der Waals surface area contributed by atoms with Crippen molar-refractivity contribution in [3.05, 3.63) is 52.0 Å². The number of carbonyl (C=O) groups excluding carboxylic acids is 1. The van der Waals surface area contributed by atoms with Gasteiger partial charge in [-0.25, -0.2) is 8.42 Å². The number of nitrogens with one attached hydrogen (secondary N) is 1. The van der Waals surface area contributed by atoms with Crippen LogP contribution in [-0.4, -0.2) is 34.2 Å². The van der Waals surface area contributed by atoms with E-state index in [9.17, 15) is 13.2 Å². The number of rotatable bonds is 8. The van der Waals surface area contributed by atoms with E-state index in [-0.39, 0.29) is 18.9 Å². The van der Waals surface area contributed by atoms with Crippen LogP contribution in [0.25, 0.3) is 0 Å². The molecule has 0 bridgehead atoms. The van der Waals surface area contributed by atoms with Crippen LogP contribution in [0.3, 0.4) is 0 Å². The quantitative estimate of drug-likeness (QED) is 0.650. The summed E-state index contributed by atoms with van der Waals surface area (Å²) in [5, 5.41) is 3.69. The molecule has 0 saturated carbocycles. The highest BCUT2D eigenvalue weighted by Crippen LogP contribution is 2.29. The SMILES string of the molecule is COc1ccc(Cl)cc1NC(=O)CCCN(c1cccc(Cl)c1C)S(C)(=O)=O. The van der Waals surface area contributed by atoms with Gasteiger partial charge in [0.25, 0.3) is 0 Å². The maximum atomic E-state index is 12.3. The second kappa shape index (κ2) is 9.49. The van der Waals surface area contributed by atoms with Gasteiger partial charge in [-0.1, -0.05) is 29.3 Å². The summed E-state index contributed by atoms with van der Waals surface area (Å²) in [6, 6.07) is 10.0. The van der Waals surface area contributed by atoms with Crippen molar-refractivity contribution < 1.29 is 17.9 Å². The lowest BCUT2D eigenvalue weighted by molar-refractivity contribution is -0.116. The maximum Gasteiger partial charge on any atom is 0.232 e. The van der Waals surface area contributed by atoms with Crippen molar-refractivity contribution >= 4 is 50.5 Å². The summed E-state index contributed by atoms with van der Waals surface area (Å²) >= 11 is 12.1. The zero-order chi connectivity index (χ0) is 20.9. The molecule has 9 heteroatoms. The van der Waals surface area contributed by atoms with E-state index in [1.807, 2.05) is 0 Å². The number of hydrogen-bond donors (Lipinski definition) is 1. The standard InChI is InChI=1S/C19H22Cl2N2O4S/c1-13-15(21)6-4-7-17(13)23(28(3,25)26)11-5-8-19(24)22-16-12-14(20)9-10-18(16)27-2/h4,6-7,9-10,12H,5,8,11H2,1-3H3,(H,22,24). The number of carbonyl (C=O) groups is 1. The Kier molecular flexibility index (Phi) is 7.57. The van der Waals surface area contributed by atoms with Crippen molar-refractivity contribution in [2.75, 3.05) is 29.5 Å². The Morgan fingerprint density at radius 1 is 1.21 bits per heavy atom. The minimum atomic E-state index is -3.52. The third-order valence-corrected chi connectivity index (χ3v) is 5.93. The van der Waals surface area contributed by atoms with Gasteiger partial charge in [-0.2, -0.15) is 0 Å². The van der Waals surface area contributed by atoms with Crippen LogP contribution in [-0.2, 0) is 14.8 Å². The Bertz CT molecular complexity index is 964. The molecule has 28 heavy (non-hydrogen) atoms. The highest BCUT2D eigenvalue weighted by atomic mass is 35.5. The Hall–Kier alpha value is -1.96. The number of ether oxygens (including phenoxy) is 1. The van der Waals surface area contributed by atoms with Gasteiger partial charge in [0.05, 0.1) is 24.7 Å². The predicted octanol–water partition coefficient (Wildman–Crippen LogP) is 4.50. The number of anilines is 2. The van der Waals surface area contributed by atoms with Crippen molar-refractivity contribution in [2.24, 2.45) is 0 Å². The fourth-order valence-electron chi connectivity index (χ4n) is 2.71. The van der Waals surface area contributed by atoms with Gasteiger partial charge < -0.3 is 10.1 Å². The molecule has 0 atom stereocenters. The van der Waals surface area contributed by atoms with Gasteiger partial charge in [0.2, 0.25) is 15.9 Å². The van der Waals surface area contributed by atoms with Crippen molar-refractivity contribution in [1.29, 1.82) is 0 Å². The molecule has 0 unspecified atom stereocenters. The van der Waals surface area contributed by atoms with Crippen molar-refractivity contribution in [2.45, 2.75) is 19.8 Å². The molecule has 152 valence electrons. The molecule has 0 aliphatic heterocycles. The first-order valence-corrected chi connectivity index (χ1v) is 11.1. The lowest BCUT2D eigenvalue weighted by Gasteiger charge is -2.24. The average Bonchev–Trinajstić information content (AvgIpc) is 2.61. The summed E-state index contributed by atoms with van der Waals surface area (Å²) in [5.41, 5.74) is 1.64. The van der Waals surface area contributed by atoms with Crippen LogP contribution in [0.5, 0.6) is 5.75 Å². The summed E-state index contributed by atoms with van der Waals surface area (Å²) in [6.07, 6.45) is 1.58. The smallest absolute Gasteiger partial charge is 0.232 e. The zero-order valence-corrected chi connectivity index (χ0v) is 18.2. The van der Waals surface area contributed by atoms with Crippen LogP contribution >= 0.6 is 23.2 Å². The lowest BCUT2D eigenvalue weighted by atomic mass is 10.2. The highest BCUT2D eigenvalue weighted by molar-refractivity contribution is 7.92. The Morgan fingerprint density at radius 2 is 1.93 bits per heavy atom. The molecule has 0 saturated heterocycles. The minimum Gasteiger partial charge on any atom is -0.495 e. The van der Waals surface area contributed by atoms with E-state index in [0.717, 1.165) is 6.26 Å². The van der Waals surface area contributed by atoms with E-state index >= 15 is 0 Å². The Labute approximate surface area is 175 Å². The molecule has 0 radical (unpaired) electrons. The Balaban J connectivity index is 2.06. The molecular weight excluding hydrogens is 423 g/mol. The topological polar surface area (TPSA) is 75.7 Å². The van der Waals surface area contributed by atoms with Gasteiger partial charge in [-0.05, 0) is 49.2 Å². The second-order valence-electron chi connectivity index (χ2n) is 6.22. The normalized spacial score (nSPS) is 11.2. The van der Waals surface area contributed by atoms with Crippen molar-refractivity contribution in [3.8, 4) is 5.75 Å². The van der Waals surface area contributed by atoms with E-state index in [2.05, 4.69) is 5.32 Å². The summed E-state index contributed by atoms with van der Waals surface area (Å²) in [6.45, 7) is 1.91. The number of halogens is 2. The molecule has 2 rings (SSSR count). The highest BCUT2D eigenvalue weighted by Gasteiger charge is 2.20. The van der Waals surface area contributed by atoms with E-state index in [4.69, 9.17) is 27.9 Å². The summed E-state index contributed by atoms with van der Waals surface area (Å²) in [5.74, 6) is 0.224. The fraction of sp³-hybridized carbons (Fsp3) is 0.316. The van der Waals surface area contributed by atoms with Gasteiger partial charge in [0.1, 0.15) is 5.75 Å². The predicted molar refractivity (Wildman–Crippen MR) is 114 cm³/mol. The molecular formula is C19H22Cl2N2O4S. The molecule has 1 amide bonds. The first-order valence-electron chi connectivity index (χ1n) is 8.49. The summed E-state index contributed by atoms with van der Waals surface area (Å²) < 4.78 is 30.9. The van der Waals surface area contributed by atoms with Crippen molar-refractivity contribution in [3.63, 3.8) is 0 Å². The maximum absolute atomic E-state index is 12.3. The van der Waals surface area contributed by atoms with Gasteiger partial charge >= 0.3 is 0 Å². The number of amides is 1. The monoisotopic (exact) mass is 444 g/mol. The molecule has 0 fully saturated rings. The van der Waals surface area contributed by atoms with Gasteiger partial charge in [0.15, 0.2) is 0 Å². The van der Waals surface area contributed by atoms with Crippen LogP contribution < -0.4 is 14.4 Å². The third-order valence-electron chi connectivity index (χ3n) is 4.11. The number of sulfonamides is 1. The summed E-state index contributed by atoms with van der Waals surface area (Å²) in [7, 11) is -2.03. The fourth-order valence-corrected chi connectivity index (χ4v) is 4.06. The van der Waals surface area contributed by atoms with Crippen LogP contribution in [0.15, 0.2) is 36.4 Å². The van der Waals surface area contributed by atoms with Crippen LogP contribution in [0.4, 0.5) is 11.4 Å². The molecule has 1 N–H and O–H groups in total. The number of hydrogen-bond acceptors (Lipinski definition) is 4. The molecule has 0 aliphatic carbocycles. The van der Waals surface area contributed by atoms with Gasteiger partial charge in [-0.3, -0.25) is 9.10 Å². The molecule has 0 aliphatic rings. The minimum absolute atomic E-state index is 0.126. The van der Waals surface area contributed by atoms with Crippen LogP contribution in [0, 0.1) is 6.92 Å².